The van der Waals surface area contributed by atoms with Gasteiger partial charge in [0.05, 0.1) is 6.61 Å². The van der Waals surface area contributed by atoms with E-state index in [0.29, 0.717) is 6.61 Å². The molecule has 0 aliphatic heterocycles. The van der Waals surface area contributed by atoms with E-state index in [1.807, 2.05) is 12.4 Å². The van der Waals surface area contributed by atoms with Crippen molar-refractivity contribution in [3.05, 3.63) is 30.1 Å². The zero-order valence-electron chi connectivity index (χ0n) is 21.7. The van der Waals surface area contributed by atoms with Gasteiger partial charge >= 0.3 is 0 Å². The molecule has 0 unspecified atom stereocenters. The topological polar surface area (TPSA) is 36.4 Å². The third kappa shape index (κ3) is 21.0. The van der Waals surface area contributed by atoms with Gasteiger partial charge < -0.3 is 10.0 Å². The lowest BCUT2D eigenvalue weighted by Crippen LogP contribution is -2.32. The maximum absolute atomic E-state index is 9.13. The van der Waals surface area contributed by atoms with Crippen molar-refractivity contribution in [3.63, 3.8) is 0 Å². The number of aliphatic hydroxyl groups is 1. The Morgan fingerprint density at radius 2 is 1.13 bits per heavy atom. The maximum Gasteiger partial charge on any atom is 0.0558 e. The summed E-state index contributed by atoms with van der Waals surface area (Å²) in [5, 5.41) is 9.13. The van der Waals surface area contributed by atoms with Crippen LogP contribution in [0.15, 0.2) is 24.5 Å². The van der Waals surface area contributed by atoms with Gasteiger partial charge in [-0.05, 0) is 50.0 Å². The molecule has 1 aromatic rings. The highest BCUT2D eigenvalue weighted by atomic mass is 28.3. The standard InChI is InChI=1S/C14H35NOSi2.C10H17NSi/c1-17(2,3)13-7-9-15(11-12-16)10-8-14-18(4,5)6;1-12(2,3)9-6-10-4-7-11-8-5-10/h16H,7-14H2,1-6H3;4-5,7-8H,6,9H2,1-3H3. The van der Waals surface area contributed by atoms with Gasteiger partial charge in [0.1, 0.15) is 0 Å². The fraction of sp³-hybridized carbons (Fsp3) is 0.792. The van der Waals surface area contributed by atoms with Gasteiger partial charge in [0.15, 0.2) is 0 Å². The van der Waals surface area contributed by atoms with E-state index in [9.17, 15) is 0 Å². The fourth-order valence-electron chi connectivity index (χ4n) is 3.21. The number of aromatic nitrogens is 1. The van der Waals surface area contributed by atoms with Gasteiger partial charge in [0.25, 0.3) is 0 Å². The lowest BCUT2D eigenvalue weighted by Gasteiger charge is -2.25. The van der Waals surface area contributed by atoms with E-state index >= 15 is 0 Å². The van der Waals surface area contributed by atoms with E-state index in [4.69, 9.17) is 5.11 Å². The molecule has 0 saturated heterocycles. The molecule has 0 radical (unpaired) electrons. The molecule has 0 aliphatic rings. The predicted octanol–water partition coefficient (Wildman–Crippen LogP) is 6.70. The van der Waals surface area contributed by atoms with Crippen molar-refractivity contribution in [2.75, 3.05) is 26.2 Å². The van der Waals surface area contributed by atoms with Crippen molar-refractivity contribution >= 4 is 24.2 Å². The van der Waals surface area contributed by atoms with E-state index in [1.165, 1.54) is 56.0 Å². The Hall–Kier alpha value is -0.279. The summed E-state index contributed by atoms with van der Waals surface area (Å²) in [5.41, 5.74) is 1.42. The third-order valence-corrected chi connectivity index (χ3v) is 10.6. The quantitative estimate of drug-likeness (QED) is 0.327. The van der Waals surface area contributed by atoms with Crippen LogP contribution < -0.4 is 0 Å². The minimum Gasteiger partial charge on any atom is -0.395 e. The summed E-state index contributed by atoms with van der Waals surface area (Å²) in [6, 6.07) is 8.41. The minimum absolute atomic E-state index is 0.305. The molecule has 1 rings (SSSR count). The Morgan fingerprint density at radius 1 is 0.700 bits per heavy atom. The Kier molecular flexibility index (Phi) is 14.6. The molecule has 30 heavy (non-hydrogen) atoms. The van der Waals surface area contributed by atoms with Crippen LogP contribution in [-0.2, 0) is 6.42 Å². The number of aliphatic hydroxyl groups excluding tert-OH is 1. The van der Waals surface area contributed by atoms with Gasteiger partial charge in [0, 0.05) is 43.2 Å². The van der Waals surface area contributed by atoms with E-state index in [0.717, 1.165) is 6.54 Å². The smallest absolute Gasteiger partial charge is 0.0558 e. The molecular formula is C24H52N2OSi3. The average molecular weight is 469 g/mol. The molecule has 0 saturated carbocycles. The molecule has 3 nitrogen and oxygen atoms in total. The molecule has 0 aromatic carbocycles. The molecule has 176 valence electrons. The summed E-state index contributed by atoms with van der Waals surface area (Å²) in [5.74, 6) is 0. The predicted molar refractivity (Wildman–Crippen MR) is 145 cm³/mol. The summed E-state index contributed by atoms with van der Waals surface area (Å²) < 4.78 is 0. The Bertz CT molecular complexity index is 514. The highest BCUT2D eigenvalue weighted by molar-refractivity contribution is 6.76. The molecule has 0 bridgehead atoms. The molecule has 0 fully saturated rings. The van der Waals surface area contributed by atoms with E-state index in [2.05, 4.69) is 80.9 Å². The Balaban J connectivity index is 0.000000604. The van der Waals surface area contributed by atoms with Crippen molar-refractivity contribution in [1.82, 2.24) is 9.88 Å². The molecule has 0 aliphatic carbocycles. The van der Waals surface area contributed by atoms with Gasteiger partial charge in [-0.25, -0.2) is 0 Å². The summed E-state index contributed by atoms with van der Waals surface area (Å²) >= 11 is 0. The van der Waals surface area contributed by atoms with Crippen LogP contribution in [0.25, 0.3) is 0 Å². The van der Waals surface area contributed by atoms with Crippen molar-refractivity contribution in [3.8, 4) is 0 Å². The fourth-order valence-corrected chi connectivity index (χ4v) is 6.69. The summed E-state index contributed by atoms with van der Waals surface area (Å²) in [4.78, 5) is 6.46. The molecule has 0 atom stereocenters. The second-order valence-corrected chi connectivity index (χ2v) is 29.2. The summed E-state index contributed by atoms with van der Waals surface area (Å²) in [6.45, 7) is 25.4. The maximum atomic E-state index is 9.13. The normalized spacial score (nSPS) is 12.6. The molecule has 0 amide bonds. The van der Waals surface area contributed by atoms with Crippen molar-refractivity contribution in [1.29, 1.82) is 0 Å². The second kappa shape index (κ2) is 14.7. The first-order chi connectivity index (χ1) is 13.7. The molecular weight excluding hydrogens is 417 g/mol. The number of rotatable bonds is 13. The summed E-state index contributed by atoms with van der Waals surface area (Å²) in [6.07, 6.45) is 7.59. The van der Waals surface area contributed by atoms with Gasteiger partial charge in [-0.2, -0.15) is 0 Å². The van der Waals surface area contributed by atoms with Gasteiger partial charge in [-0.3, -0.25) is 4.98 Å². The van der Waals surface area contributed by atoms with Crippen LogP contribution in [-0.4, -0.2) is 65.5 Å². The summed E-state index contributed by atoms with van der Waals surface area (Å²) in [7, 11) is -2.64. The van der Waals surface area contributed by atoms with Crippen LogP contribution >= 0.6 is 0 Å². The van der Waals surface area contributed by atoms with Crippen LogP contribution in [0.1, 0.15) is 18.4 Å². The average Bonchev–Trinajstić information content (AvgIpc) is 2.59. The van der Waals surface area contributed by atoms with Crippen LogP contribution in [0.3, 0.4) is 0 Å². The molecule has 6 heteroatoms. The van der Waals surface area contributed by atoms with Gasteiger partial charge in [-0.15, -0.1) is 0 Å². The minimum atomic E-state index is -0.890. The number of hydrogen-bond donors (Lipinski definition) is 1. The first-order valence-corrected chi connectivity index (χ1v) is 23.1. The highest BCUT2D eigenvalue weighted by Crippen LogP contribution is 2.14. The number of aryl methyl sites for hydroxylation is 1. The first kappa shape index (κ1) is 29.7. The first-order valence-electron chi connectivity index (χ1n) is 11.9. The number of hydrogen-bond acceptors (Lipinski definition) is 3. The van der Waals surface area contributed by atoms with Crippen molar-refractivity contribution < 1.29 is 5.11 Å². The number of nitrogens with zero attached hydrogens (tertiary/aromatic N) is 2. The van der Waals surface area contributed by atoms with Crippen LogP contribution in [0.2, 0.25) is 77.1 Å². The Morgan fingerprint density at radius 3 is 1.50 bits per heavy atom. The molecule has 1 aromatic heterocycles. The van der Waals surface area contributed by atoms with Gasteiger partial charge in [-0.1, -0.05) is 77.1 Å². The Labute approximate surface area is 191 Å². The van der Waals surface area contributed by atoms with Crippen LogP contribution in [0.4, 0.5) is 0 Å². The SMILES string of the molecule is C[Si](C)(C)CCCN(CCO)CCC[Si](C)(C)C.C[Si](C)(C)CCc1ccncc1. The lowest BCUT2D eigenvalue weighted by molar-refractivity contribution is 0.196. The van der Waals surface area contributed by atoms with Crippen LogP contribution in [0.5, 0.6) is 0 Å². The monoisotopic (exact) mass is 468 g/mol. The van der Waals surface area contributed by atoms with E-state index in [1.54, 1.807) is 0 Å². The molecule has 0 spiro atoms. The highest BCUT2D eigenvalue weighted by Gasteiger charge is 2.15. The molecule has 1 heterocycles. The van der Waals surface area contributed by atoms with Crippen molar-refractivity contribution in [2.24, 2.45) is 0 Å². The second-order valence-electron chi connectivity index (χ2n) is 12.3. The van der Waals surface area contributed by atoms with E-state index in [-0.39, 0.29) is 0 Å². The zero-order chi connectivity index (χ0) is 23.3. The largest absolute Gasteiger partial charge is 0.395 e. The van der Waals surface area contributed by atoms with Crippen molar-refractivity contribution in [2.45, 2.75) is 96.3 Å². The third-order valence-electron chi connectivity index (χ3n) is 5.13. The van der Waals surface area contributed by atoms with Gasteiger partial charge in [0.2, 0.25) is 0 Å². The zero-order valence-corrected chi connectivity index (χ0v) is 24.7. The molecule has 1 N–H and O–H groups in total. The van der Waals surface area contributed by atoms with E-state index < -0.39 is 24.2 Å². The van der Waals surface area contributed by atoms with Crippen LogP contribution in [0, 0.1) is 0 Å². The number of pyridine rings is 1. The lowest BCUT2D eigenvalue weighted by atomic mass is 10.2.